The number of nitrogens with zero attached hydrogens (tertiary/aromatic N) is 2. The Morgan fingerprint density at radius 3 is 2.54 bits per heavy atom. The van der Waals surface area contributed by atoms with Gasteiger partial charge in [-0.05, 0) is 43.4 Å². The molecule has 0 saturated carbocycles. The van der Waals surface area contributed by atoms with Crippen LogP contribution >= 0.6 is 24.0 Å². The van der Waals surface area contributed by atoms with Gasteiger partial charge in [0.2, 0.25) is 5.91 Å². The van der Waals surface area contributed by atoms with Crippen LogP contribution in [-0.4, -0.2) is 56.4 Å². The number of amides is 2. The number of nitrogens with one attached hydrogen (secondary N) is 3. The normalized spacial score (nSPS) is 14.8. The first-order valence-corrected chi connectivity index (χ1v) is 9.60. The molecule has 0 aliphatic carbocycles. The summed E-state index contributed by atoms with van der Waals surface area (Å²) in [4.78, 5) is 30.1. The summed E-state index contributed by atoms with van der Waals surface area (Å²) in [6.07, 6.45) is 2.57. The van der Waals surface area contributed by atoms with Gasteiger partial charge in [-0.1, -0.05) is 12.1 Å². The number of carbonyl (C=O) groups excluding carboxylic acids is 2. The number of guanidine groups is 1. The minimum Gasteiger partial charge on any atom is -0.359 e. The summed E-state index contributed by atoms with van der Waals surface area (Å²) in [5.41, 5.74) is 1.70. The number of hydrogen-bond donors (Lipinski definition) is 3. The summed E-state index contributed by atoms with van der Waals surface area (Å²) in [5.74, 6) is 1.36. The van der Waals surface area contributed by atoms with Crippen molar-refractivity contribution in [2.45, 2.75) is 32.7 Å². The number of rotatable bonds is 6. The Morgan fingerprint density at radius 2 is 1.93 bits per heavy atom. The lowest BCUT2D eigenvalue weighted by Gasteiger charge is -2.34. The molecule has 1 heterocycles. The molecule has 0 atom stereocenters. The molecule has 1 aliphatic rings. The van der Waals surface area contributed by atoms with E-state index in [2.05, 4.69) is 25.8 Å². The molecule has 1 aromatic carbocycles. The van der Waals surface area contributed by atoms with E-state index < -0.39 is 0 Å². The number of halogens is 1. The van der Waals surface area contributed by atoms with E-state index in [1.165, 1.54) is 0 Å². The van der Waals surface area contributed by atoms with E-state index >= 15 is 0 Å². The Bertz CT molecular complexity index is 672. The van der Waals surface area contributed by atoms with E-state index in [1.54, 1.807) is 14.1 Å². The molecule has 0 spiro atoms. The molecule has 1 fully saturated rings. The minimum atomic E-state index is -0.0538. The third-order valence-corrected chi connectivity index (χ3v) is 4.86. The highest BCUT2D eigenvalue weighted by molar-refractivity contribution is 14.0. The van der Waals surface area contributed by atoms with Crippen LogP contribution < -0.4 is 16.0 Å². The Hall–Kier alpha value is -1.84. The summed E-state index contributed by atoms with van der Waals surface area (Å²) in [7, 11) is 3.47. The fourth-order valence-electron chi connectivity index (χ4n) is 3.31. The lowest BCUT2D eigenvalue weighted by Crippen LogP contribution is -2.45. The van der Waals surface area contributed by atoms with Crippen molar-refractivity contribution in [1.82, 2.24) is 20.9 Å². The van der Waals surface area contributed by atoms with Gasteiger partial charge >= 0.3 is 0 Å². The molecule has 2 amide bonds. The van der Waals surface area contributed by atoms with Crippen LogP contribution in [-0.2, 0) is 11.3 Å². The number of piperidine rings is 1. The molecule has 0 unspecified atom stereocenters. The molecule has 1 saturated heterocycles. The average molecular weight is 501 g/mol. The van der Waals surface area contributed by atoms with Crippen LogP contribution in [0, 0.1) is 5.92 Å². The second-order valence-electron chi connectivity index (χ2n) is 6.77. The van der Waals surface area contributed by atoms with Crippen LogP contribution in [0.2, 0.25) is 0 Å². The molecule has 7 nitrogen and oxygen atoms in total. The SMILES string of the molecule is CCNC(=O)c1cccc(CNC(=NC)N2CCC(CC(=O)NC)CC2)c1.I. The van der Waals surface area contributed by atoms with Gasteiger partial charge in [0.15, 0.2) is 5.96 Å². The molecule has 0 bridgehead atoms. The van der Waals surface area contributed by atoms with Gasteiger partial charge in [-0.25, -0.2) is 0 Å². The number of carbonyl (C=O) groups is 2. The molecule has 0 radical (unpaired) electrons. The Morgan fingerprint density at radius 1 is 1.21 bits per heavy atom. The molecule has 1 aromatic rings. The van der Waals surface area contributed by atoms with Crippen LogP contribution in [0.5, 0.6) is 0 Å². The van der Waals surface area contributed by atoms with E-state index in [-0.39, 0.29) is 35.8 Å². The van der Waals surface area contributed by atoms with Crippen molar-refractivity contribution in [1.29, 1.82) is 0 Å². The van der Waals surface area contributed by atoms with Crippen molar-refractivity contribution >= 4 is 41.8 Å². The molecular formula is C20H32IN5O2. The maximum Gasteiger partial charge on any atom is 0.251 e. The zero-order valence-corrected chi connectivity index (χ0v) is 19.3. The number of likely N-dealkylation sites (tertiary alicyclic amines) is 1. The molecule has 1 aliphatic heterocycles. The predicted molar refractivity (Wildman–Crippen MR) is 123 cm³/mol. The molecular weight excluding hydrogens is 469 g/mol. The van der Waals surface area contributed by atoms with Gasteiger partial charge < -0.3 is 20.9 Å². The molecule has 3 N–H and O–H groups in total. The molecule has 2 rings (SSSR count). The van der Waals surface area contributed by atoms with E-state index in [1.807, 2.05) is 31.2 Å². The largest absolute Gasteiger partial charge is 0.359 e. The lowest BCUT2D eigenvalue weighted by molar-refractivity contribution is -0.121. The van der Waals surface area contributed by atoms with E-state index in [0.29, 0.717) is 31.0 Å². The molecule has 8 heteroatoms. The topological polar surface area (TPSA) is 85.8 Å². The standard InChI is InChI=1S/C20H31N5O2.HI/c1-4-23-19(27)17-7-5-6-16(12-17)14-24-20(22-3)25-10-8-15(9-11-25)13-18(26)21-2;/h5-7,12,15H,4,8-11,13-14H2,1-3H3,(H,21,26)(H,22,24)(H,23,27);1H. The van der Waals surface area contributed by atoms with Gasteiger partial charge in [0.1, 0.15) is 0 Å². The van der Waals surface area contributed by atoms with Crippen molar-refractivity contribution in [3.8, 4) is 0 Å². The van der Waals surface area contributed by atoms with E-state index in [0.717, 1.165) is 37.5 Å². The fourth-order valence-corrected chi connectivity index (χ4v) is 3.31. The average Bonchev–Trinajstić information content (AvgIpc) is 2.70. The first-order chi connectivity index (χ1) is 13.1. The third-order valence-electron chi connectivity index (χ3n) is 4.86. The lowest BCUT2D eigenvalue weighted by atomic mass is 9.93. The zero-order chi connectivity index (χ0) is 19.6. The van der Waals surface area contributed by atoms with Gasteiger partial charge in [-0.3, -0.25) is 14.6 Å². The Labute approximate surface area is 184 Å². The Balaban J connectivity index is 0.00000392. The molecule has 156 valence electrons. The maximum atomic E-state index is 12.0. The zero-order valence-electron chi connectivity index (χ0n) is 17.0. The van der Waals surface area contributed by atoms with Crippen molar-refractivity contribution < 1.29 is 9.59 Å². The van der Waals surface area contributed by atoms with Gasteiger partial charge in [-0.15, -0.1) is 24.0 Å². The number of aliphatic imine (C=N–C) groups is 1. The maximum absolute atomic E-state index is 12.0. The summed E-state index contributed by atoms with van der Waals surface area (Å²) in [6, 6.07) is 7.62. The second kappa shape index (κ2) is 12.6. The van der Waals surface area contributed by atoms with Crippen LogP contribution in [0.25, 0.3) is 0 Å². The van der Waals surface area contributed by atoms with Crippen molar-refractivity contribution in [3.63, 3.8) is 0 Å². The summed E-state index contributed by atoms with van der Waals surface area (Å²) >= 11 is 0. The van der Waals surface area contributed by atoms with Gasteiger partial charge in [0.05, 0.1) is 0 Å². The van der Waals surface area contributed by atoms with Crippen molar-refractivity contribution in [2.75, 3.05) is 33.7 Å². The quantitative estimate of drug-likeness (QED) is 0.316. The number of benzene rings is 1. The van der Waals surface area contributed by atoms with Crippen molar-refractivity contribution in [2.24, 2.45) is 10.9 Å². The summed E-state index contributed by atoms with van der Waals surface area (Å²) in [5, 5.41) is 8.90. The van der Waals surface area contributed by atoms with Gasteiger partial charge in [0, 0.05) is 52.3 Å². The van der Waals surface area contributed by atoms with Crippen LogP contribution in [0.4, 0.5) is 0 Å². The third kappa shape index (κ3) is 7.29. The Kier molecular flexibility index (Phi) is 10.9. The van der Waals surface area contributed by atoms with E-state index in [4.69, 9.17) is 0 Å². The van der Waals surface area contributed by atoms with E-state index in [9.17, 15) is 9.59 Å². The first kappa shape index (κ1) is 24.2. The highest BCUT2D eigenvalue weighted by atomic mass is 127. The molecule has 28 heavy (non-hydrogen) atoms. The molecule has 0 aromatic heterocycles. The predicted octanol–water partition coefficient (Wildman–Crippen LogP) is 1.98. The highest BCUT2D eigenvalue weighted by Gasteiger charge is 2.23. The minimum absolute atomic E-state index is 0. The summed E-state index contributed by atoms with van der Waals surface area (Å²) < 4.78 is 0. The van der Waals surface area contributed by atoms with Crippen LogP contribution in [0.15, 0.2) is 29.3 Å². The smallest absolute Gasteiger partial charge is 0.251 e. The van der Waals surface area contributed by atoms with Gasteiger partial charge in [-0.2, -0.15) is 0 Å². The monoisotopic (exact) mass is 501 g/mol. The second-order valence-corrected chi connectivity index (χ2v) is 6.77. The van der Waals surface area contributed by atoms with Gasteiger partial charge in [0.25, 0.3) is 5.91 Å². The summed E-state index contributed by atoms with van der Waals surface area (Å²) in [6.45, 7) is 4.91. The first-order valence-electron chi connectivity index (χ1n) is 9.60. The fraction of sp³-hybridized carbons (Fsp3) is 0.550. The number of hydrogen-bond acceptors (Lipinski definition) is 3. The van der Waals surface area contributed by atoms with Crippen molar-refractivity contribution in [3.05, 3.63) is 35.4 Å². The van der Waals surface area contributed by atoms with Crippen LogP contribution in [0.1, 0.15) is 42.1 Å². The van der Waals surface area contributed by atoms with Crippen LogP contribution in [0.3, 0.4) is 0 Å². The highest BCUT2D eigenvalue weighted by Crippen LogP contribution is 2.20.